The Morgan fingerprint density at radius 3 is 2.64 bits per heavy atom. The molecule has 0 bridgehead atoms. The maximum atomic E-state index is 12.2. The minimum Gasteiger partial charge on any atom is -0.494 e. The molecule has 0 saturated carbocycles. The first-order valence-corrected chi connectivity index (χ1v) is 8.78. The van der Waals surface area contributed by atoms with Crippen LogP contribution in [0.3, 0.4) is 0 Å². The van der Waals surface area contributed by atoms with E-state index in [0.717, 1.165) is 11.3 Å². The second-order valence-electron chi connectivity index (χ2n) is 5.90. The van der Waals surface area contributed by atoms with E-state index < -0.39 is 0 Å². The van der Waals surface area contributed by atoms with Crippen molar-refractivity contribution >= 4 is 0 Å². The minimum absolute atomic E-state index is 0.0730. The summed E-state index contributed by atoms with van der Waals surface area (Å²) in [5.74, 6) is 1.43. The van der Waals surface area contributed by atoms with Crippen molar-refractivity contribution < 1.29 is 9.26 Å². The van der Waals surface area contributed by atoms with Gasteiger partial charge in [0.05, 0.1) is 12.3 Å². The summed E-state index contributed by atoms with van der Waals surface area (Å²) >= 11 is 0. The van der Waals surface area contributed by atoms with Crippen LogP contribution in [-0.4, -0.2) is 31.5 Å². The number of rotatable bonds is 6. The van der Waals surface area contributed by atoms with Gasteiger partial charge in [0, 0.05) is 17.8 Å². The molecule has 8 heteroatoms. The predicted molar refractivity (Wildman–Crippen MR) is 102 cm³/mol. The largest absolute Gasteiger partial charge is 0.494 e. The summed E-state index contributed by atoms with van der Waals surface area (Å²) in [4.78, 5) is 20.7. The lowest BCUT2D eigenvalue weighted by molar-refractivity contribution is 0.340. The van der Waals surface area contributed by atoms with Gasteiger partial charge in [0.25, 0.3) is 5.56 Å². The van der Waals surface area contributed by atoms with Crippen LogP contribution >= 0.6 is 0 Å². The maximum Gasteiger partial charge on any atom is 0.267 e. The Hall–Kier alpha value is -3.81. The molecule has 0 atom stereocenters. The van der Waals surface area contributed by atoms with Gasteiger partial charge >= 0.3 is 0 Å². The highest BCUT2D eigenvalue weighted by Gasteiger charge is 2.12. The molecule has 0 saturated heterocycles. The molecule has 0 spiro atoms. The van der Waals surface area contributed by atoms with Crippen LogP contribution in [0.2, 0.25) is 0 Å². The molecule has 0 amide bonds. The number of benzene rings is 1. The third kappa shape index (κ3) is 3.80. The van der Waals surface area contributed by atoms with Gasteiger partial charge in [0.1, 0.15) is 18.0 Å². The van der Waals surface area contributed by atoms with Gasteiger partial charge in [-0.1, -0.05) is 11.2 Å². The second-order valence-corrected chi connectivity index (χ2v) is 5.90. The lowest BCUT2D eigenvalue weighted by Gasteiger charge is -2.07. The fourth-order valence-corrected chi connectivity index (χ4v) is 2.65. The van der Waals surface area contributed by atoms with E-state index in [-0.39, 0.29) is 18.0 Å². The van der Waals surface area contributed by atoms with Crippen molar-refractivity contribution in [1.29, 1.82) is 0 Å². The van der Waals surface area contributed by atoms with E-state index in [2.05, 4.69) is 20.2 Å². The number of ether oxygens (including phenoxy) is 1. The van der Waals surface area contributed by atoms with E-state index in [0.29, 0.717) is 23.8 Å². The van der Waals surface area contributed by atoms with Crippen molar-refractivity contribution in [3.05, 3.63) is 77.0 Å². The molecule has 0 radical (unpaired) electrons. The van der Waals surface area contributed by atoms with Crippen molar-refractivity contribution in [2.75, 3.05) is 6.61 Å². The zero-order valence-corrected chi connectivity index (χ0v) is 15.1. The van der Waals surface area contributed by atoms with Crippen molar-refractivity contribution in [2.45, 2.75) is 13.5 Å². The molecule has 140 valence electrons. The van der Waals surface area contributed by atoms with Gasteiger partial charge in [-0.2, -0.15) is 10.1 Å². The van der Waals surface area contributed by atoms with Gasteiger partial charge in [0.2, 0.25) is 11.7 Å². The molecule has 0 aliphatic carbocycles. The van der Waals surface area contributed by atoms with Crippen molar-refractivity contribution in [1.82, 2.24) is 24.9 Å². The van der Waals surface area contributed by atoms with Gasteiger partial charge in [0.15, 0.2) is 0 Å². The second kappa shape index (κ2) is 7.83. The summed E-state index contributed by atoms with van der Waals surface area (Å²) in [5.41, 5.74) is 1.87. The maximum absolute atomic E-state index is 12.2. The van der Waals surface area contributed by atoms with Gasteiger partial charge in [-0.25, -0.2) is 4.68 Å². The van der Waals surface area contributed by atoms with Crippen LogP contribution in [0.4, 0.5) is 0 Å². The quantitative estimate of drug-likeness (QED) is 0.511. The monoisotopic (exact) mass is 375 g/mol. The molecular formula is C20H17N5O3. The third-order valence-electron chi connectivity index (χ3n) is 3.97. The van der Waals surface area contributed by atoms with Crippen LogP contribution < -0.4 is 10.3 Å². The topological polar surface area (TPSA) is 95.9 Å². The molecule has 0 N–H and O–H groups in total. The van der Waals surface area contributed by atoms with Gasteiger partial charge in [-0.05, 0) is 49.4 Å². The summed E-state index contributed by atoms with van der Waals surface area (Å²) in [6.07, 6.45) is 1.65. The number of pyridine rings is 1. The Kier molecular flexibility index (Phi) is 4.92. The molecule has 0 aliphatic rings. The number of nitrogens with zero attached hydrogens (tertiary/aromatic N) is 5. The van der Waals surface area contributed by atoms with Crippen molar-refractivity contribution in [3.63, 3.8) is 0 Å². The van der Waals surface area contributed by atoms with Crippen LogP contribution in [-0.2, 0) is 6.54 Å². The number of hydrogen-bond donors (Lipinski definition) is 0. The van der Waals surface area contributed by atoms with Crippen molar-refractivity contribution in [2.24, 2.45) is 0 Å². The summed E-state index contributed by atoms with van der Waals surface area (Å²) < 4.78 is 12.0. The van der Waals surface area contributed by atoms with E-state index in [9.17, 15) is 4.79 Å². The Morgan fingerprint density at radius 2 is 1.89 bits per heavy atom. The van der Waals surface area contributed by atoms with E-state index in [1.54, 1.807) is 24.4 Å². The molecule has 4 rings (SSSR count). The lowest BCUT2D eigenvalue weighted by atomic mass is 10.1. The Balaban J connectivity index is 1.58. The van der Waals surface area contributed by atoms with Crippen LogP contribution in [0, 0.1) is 0 Å². The van der Waals surface area contributed by atoms with Crippen molar-refractivity contribution in [3.8, 4) is 28.5 Å². The molecule has 3 heterocycles. The van der Waals surface area contributed by atoms with Gasteiger partial charge in [-0.3, -0.25) is 9.78 Å². The standard InChI is InChI=1S/C20H17N5O3/c1-2-27-15-8-6-14(7-9-15)16-10-11-19(26)25(23-16)13-18-22-20(24-28-18)17-5-3-4-12-21-17/h3-12H,2,13H2,1H3. The van der Waals surface area contributed by atoms with Gasteiger partial charge < -0.3 is 9.26 Å². The Labute approximate surface area is 160 Å². The average Bonchev–Trinajstić information content (AvgIpc) is 3.20. The number of aromatic nitrogens is 5. The normalized spacial score (nSPS) is 10.8. The SMILES string of the molecule is CCOc1ccc(-c2ccc(=O)n(Cc3nc(-c4ccccn4)no3)n2)cc1. The van der Waals surface area contributed by atoms with E-state index in [1.165, 1.54) is 10.7 Å². The summed E-state index contributed by atoms with van der Waals surface area (Å²) in [6, 6.07) is 16.1. The fraction of sp³-hybridized carbons (Fsp3) is 0.150. The zero-order valence-electron chi connectivity index (χ0n) is 15.1. The molecule has 0 fully saturated rings. The summed E-state index contributed by atoms with van der Waals surface area (Å²) in [6.45, 7) is 2.61. The zero-order chi connectivity index (χ0) is 19.3. The molecule has 3 aromatic heterocycles. The highest BCUT2D eigenvalue weighted by molar-refractivity contribution is 5.59. The summed E-state index contributed by atoms with van der Waals surface area (Å²) in [5, 5.41) is 8.33. The van der Waals surface area contributed by atoms with Crippen LogP contribution in [0.25, 0.3) is 22.8 Å². The third-order valence-corrected chi connectivity index (χ3v) is 3.97. The summed E-state index contributed by atoms with van der Waals surface area (Å²) in [7, 11) is 0. The Morgan fingerprint density at radius 1 is 1.04 bits per heavy atom. The smallest absolute Gasteiger partial charge is 0.267 e. The highest BCUT2D eigenvalue weighted by atomic mass is 16.5. The molecule has 4 aromatic rings. The number of hydrogen-bond acceptors (Lipinski definition) is 7. The van der Waals surface area contributed by atoms with Crippen LogP contribution in [0.5, 0.6) is 5.75 Å². The average molecular weight is 375 g/mol. The lowest BCUT2D eigenvalue weighted by Crippen LogP contribution is -2.23. The molecule has 1 aromatic carbocycles. The first-order chi connectivity index (χ1) is 13.7. The predicted octanol–water partition coefficient (Wildman–Crippen LogP) is 2.80. The molecule has 0 unspecified atom stereocenters. The van der Waals surface area contributed by atoms with E-state index in [4.69, 9.17) is 9.26 Å². The highest BCUT2D eigenvalue weighted by Crippen LogP contribution is 2.20. The molecule has 28 heavy (non-hydrogen) atoms. The molecule has 8 nitrogen and oxygen atoms in total. The molecule has 0 aliphatic heterocycles. The minimum atomic E-state index is -0.257. The van der Waals surface area contributed by atoms with Gasteiger partial charge in [-0.15, -0.1) is 0 Å². The first kappa shape index (κ1) is 17.6. The van der Waals surface area contributed by atoms with E-state index >= 15 is 0 Å². The molecular weight excluding hydrogens is 358 g/mol. The van der Waals surface area contributed by atoms with E-state index in [1.807, 2.05) is 37.3 Å². The van der Waals surface area contributed by atoms with Crippen LogP contribution in [0.15, 0.2) is 70.1 Å². The fourth-order valence-electron chi connectivity index (χ4n) is 2.65. The Bertz CT molecular complexity index is 1120. The van der Waals surface area contributed by atoms with Crippen LogP contribution in [0.1, 0.15) is 12.8 Å². The first-order valence-electron chi connectivity index (χ1n) is 8.78.